The number of nitrogens with two attached hydrogens (primary N) is 1. The first-order valence-electron chi connectivity index (χ1n) is 8.70. The van der Waals surface area contributed by atoms with E-state index in [4.69, 9.17) is 17.3 Å². The minimum absolute atomic E-state index is 0.0410. The monoisotopic (exact) mass is 349 g/mol. The van der Waals surface area contributed by atoms with Gasteiger partial charge in [-0.3, -0.25) is 9.59 Å². The van der Waals surface area contributed by atoms with Gasteiger partial charge in [-0.25, -0.2) is 0 Å². The summed E-state index contributed by atoms with van der Waals surface area (Å²) in [6.07, 6.45) is 4.92. The molecule has 1 saturated heterocycles. The van der Waals surface area contributed by atoms with E-state index in [1.807, 2.05) is 4.90 Å². The molecule has 24 heavy (non-hydrogen) atoms. The second-order valence-corrected chi connectivity index (χ2v) is 7.15. The number of likely N-dealkylation sites (tertiary alicyclic amines) is 1. The molecule has 0 radical (unpaired) electrons. The molecule has 0 aromatic heterocycles. The van der Waals surface area contributed by atoms with E-state index < -0.39 is 0 Å². The van der Waals surface area contributed by atoms with Crippen molar-refractivity contribution < 1.29 is 9.59 Å². The van der Waals surface area contributed by atoms with Crippen LogP contribution in [0.5, 0.6) is 0 Å². The number of hydrogen-bond acceptors (Lipinski definition) is 3. The predicted molar refractivity (Wildman–Crippen MR) is 95.1 cm³/mol. The van der Waals surface area contributed by atoms with Gasteiger partial charge in [-0.05, 0) is 56.3 Å². The fourth-order valence-electron chi connectivity index (χ4n) is 3.78. The van der Waals surface area contributed by atoms with Gasteiger partial charge in [0.05, 0.1) is 11.3 Å². The molecule has 6 heteroatoms. The lowest BCUT2D eigenvalue weighted by Crippen LogP contribution is -2.32. The first kappa shape index (κ1) is 17.2. The SMILES string of the molecule is NC[C@H]1CCC[C@H]1C(=O)Nc1ccc(Cl)cc1C(=O)N1CCCC1. The topological polar surface area (TPSA) is 75.4 Å². The van der Waals surface area contributed by atoms with Crippen molar-refractivity contribution >= 4 is 29.1 Å². The predicted octanol–water partition coefficient (Wildman–Crippen LogP) is 2.89. The lowest BCUT2D eigenvalue weighted by Gasteiger charge is -2.21. The van der Waals surface area contributed by atoms with Crippen LogP contribution >= 0.6 is 11.6 Å². The number of carbonyl (C=O) groups is 2. The van der Waals surface area contributed by atoms with Gasteiger partial charge in [0.15, 0.2) is 0 Å². The second-order valence-electron chi connectivity index (χ2n) is 6.71. The highest BCUT2D eigenvalue weighted by Crippen LogP contribution is 2.32. The molecule has 1 aromatic rings. The van der Waals surface area contributed by atoms with Crippen LogP contribution < -0.4 is 11.1 Å². The molecule has 2 fully saturated rings. The van der Waals surface area contributed by atoms with Crippen molar-refractivity contribution in [3.63, 3.8) is 0 Å². The van der Waals surface area contributed by atoms with Crippen molar-refractivity contribution in [2.24, 2.45) is 17.6 Å². The van der Waals surface area contributed by atoms with Crippen molar-refractivity contribution in [2.75, 3.05) is 25.0 Å². The summed E-state index contributed by atoms with van der Waals surface area (Å²) in [5.74, 6) is 0.0586. The number of benzene rings is 1. The summed E-state index contributed by atoms with van der Waals surface area (Å²) in [6, 6.07) is 5.07. The molecule has 2 aliphatic rings. The molecule has 1 aliphatic carbocycles. The fourth-order valence-corrected chi connectivity index (χ4v) is 3.95. The van der Waals surface area contributed by atoms with Crippen LogP contribution in [0.15, 0.2) is 18.2 Å². The first-order chi connectivity index (χ1) is 11.6. The summed E-state index contributed by atoms with van der Waals surface area (Å²) in [6.45, 7) is 2.05. The van der Waals surface area contributed by atoms with Crippen molar-refractivity contribution in [2.45, 2.75) is 32.1 Å². The lowest BCUT2D eigenvalue weighted by atomic mass is 9.95. The number of anilines is 1. The Hall–Kier alpha value is -1.59. The maximum absolute atomic E-state index is 12.7. The van der Waals surface area contributed by atoms with E-state index >= 15 is 0 Å². The molecule has 2 atom stereocenters. The van der Waals surface area contributed by atoms with E-state index in [0.717, 1.165) is 45.2 Å². The van der Waals surface area contributed by atoms with Gasteiger partial charge in [-0.15, -0.1) is 0 Å². The molecule has 3 rings (SSSR count). The van der Waals surface area contributed by atoms with E-state index in [2.05, 4.69) is 5.32 Å². The van der Waals surface area contributed by atoms with Crippen LogP contribution in [0.3, 0.4) is 0 Å². The van der Waals surface area contributed by atoms with E-state index in [9.17, 15) is 9.59 Å². The third-order valence-electron chi connectivity index (χ3n) is 5.16. The lowest BCUT2D eigenvalue weighted by molar-refractivity contribution is -0.120. The smallest absolute Gasteiger partial charge is 0.256 e. The largest absolute Gasteiger partial charge is 0.339 e. The zero-order valence-electron chi connectivity index (χ0n) is 13.8. The number of carbonyl (C=O) groups excluding carboxylic acids is 2. The Morgan fingerprint density at radius 1 is 1.21 bits per heavy atom. The first-order valence-corrected chi connectivity index (χ1v) is 9.07. The summed E-state index contributed by atoms with van der Waals surface area (Å²) in [5.41, 5.74) is 6.80. The minimum Gasteiger partial charge on any atom is -0.339 e. The number of halogens is 1. The summed E-state index contributed by atoms with van der Waals surface area (Å²) < 4.78 is 0. The summed E-state index contributed by atoms with van der Waals surface area (Å²) >= 11 is 6.08. The highest BCUT2D eigenvalue weighted by Gasteiger charge is 2.32. The molecule has 1 aliphatic heterocycles. The normalized spacial score (nSPS) is 23.5. The van der Waals surface area contributed by atoms with Crippen LogP contribution in [0.25, 0.3) is 0 Å². The Bertz CT molecular complexity index is 629. The maximum Gasteiger partial charge on any atom is 0.256 e. The van der Waals surface area contributed by atoms with Crippen LogP contribution in [0.4, 0.5) is 5.69 Å². The maximum atomic E-state index is 12.7. The molecule has 1 saturated carbocycles. The highest BCUT2D eigenvalue weighted by molar-refractivity contribution is 6.31. The van der Waals surface area contributed by atoms with Gasteiger partial charge in [-0.2, -0.15) is 0 Å². The Morgan fingerprint density at radius 3 is 2.67 bits per heavy atom. The third kappa shape index (κ3) is 3.57. The summed E-state index contributed by atoms with van der Waals surface area (Å²) in [4.78, 5) is 27.2. The molecule has 0 unspecified atom stereocenters. The molecular weight excluding hydrogens is 326 g/mol. The number of hydrogen-bond donors (Lipinski definition) is 2. The van der Waals surface area contributed by atoms with E-state index in [0.29, 0.717) is 22.8 Å². The van der Waals surface area contributed by atoms with Crippen LogP contribution in [-0.4, -0.2) is 36.3 Å². The Labute approximate surface area is 147 Å². The molecule has 0 spiro atoms. The Kier molecular flexibility index (Phi) is 5.41. The van der Waals surface area contributed by atoms with Crippen molar-refractivity contribution in [3.8, 4) is 0 Å². The fraction of sp³-hybridized carbons (Fsp3) is 0.556. The van der Waals surface area contributed by atoms with Gasteiger partial charge < -0.3 is 16.0 Å². The van der Waals surface area contributed by atoms with Crippen LogP contribution in [0, 0.1) is 11.8 Å². The minimum atomic E-state index is -0.0691. The van der Waals surface area contributed by atoms with Gasteiger partial charge in [0.1, 0.15) is 0 Å². The second kappa shape index (κ2) is 7.53. The average molecular weight is 350 g/mol. The van der Waals surface area contributed by atoms with E-state index in [1.54, 1.807) is 18.2 Å². The molecule has 130 valence electrons. The number of rotatable bonds is 4. The molecule has 1 aromatic carbocycles. The molecule has 0 bridgehead atoms. The zero-order valence-corrected chi connectivity index (χ0v) is 14.5. The summed E-state index contributed by atoms with van der Waals surface area (Å²) in [7, 11) is 0. The van der Waals surface area contributed by atoms with Crippen LogP contribution in [0.2, 0.25) is 5.02 Å². The van der Waals surface area contributed by atoms with Crippen molar-refractivity contribution in [1.29, 1.82) is 0 Å². The third-order valence-corrected chi connectivity index (χ3v) is 5.40. The molecule has 2 amide bonds. The van der Waals surface area contributed by atoms with Gasteiger partial charge in [0.25, 0.3) is 5.91 Å². The van der Waals surface area contributed by atoms with Crippen molar-refractivity contribution in [1.82, 2.24) is 4.90 Å². The Morgan fingerprint density at radius 2 is 1.96 bits per heavy atom. The van der Waals surface area contributed by atoms with Gasteiger partial charge in [0, 0.05) is 24.0 Å². The quantitative estimate of drug-likeness (QED) is 0.877. The molecule has 1 heterocycles. The number of nitrogens with zero attached hydrogens (tertiary/aromatic N) is 1. The van der Waals surface area contributed by atoms with Gasteiger partial charge in [-0.1, -0.05) is 18.0 Å². The summed E-state index contributed by atoms with van der Waals surface area (Å²) in [5, 5.41) is 3.44. The standard InChI is InChI=1S/C18H24ClN3O2/c19-13-6-7-16(15(10-13)18(24)22-8-1-2-9-22)21-17(23)14-5-3-4-12(14)11-20/h6-7,10,12,14H,1-5,8-9,11,20H2,(H,21,23)/t12-,14-/m1/s1. The molecular formula is C18H24ClN3O2. The number of nitrogens with one attached hydrogen (secondary N) is 1. The molecule has 3 N–H and O–H groups in total. The van der Waals surface area contributed by atoms with E-state index in [-0.39, 0.29) is 23.7 Å². The van der Waals surface area contributed by atoms with Gasteiger partial charge >= 0.3 is 0 Å². The van der Waals surface area contributed by atoms with Crippen LogP contribution in [0.1, 0.15) is 42.5 Å². The van der Waals surface area contributed by atoms with Crippen molar-refractivity contribution in [3.05, 3.63) is 28.8 Å². The number of amides is 2. The average Bonchev–Trinajstić information content (AvgIpc) is 3.26. The van der Waals surface area contributed by atoms with Crippen LogP contribution in [-0.2, 0) is 4.79 Å². The molecule has 5 nitrogen and oxygen atoms in total. The Balaban J connectivity index is 1.80. The highest BCUT2D eigenvalue weighted by atomic mass is 35.5. The van der Waals surface area contributed by atoms with Gasteiger partial charge in [0.2, 0.25) is 5.91 Å². The zero-order chi connectivity index (χ0) is 17.1. The van der Waals surface area contributed by atoms with E-state index in [1.165, 1.54) is 0 Å².